The predicted molar refractivity (Wildman–Crippen MR) is 120 cm³/mol. The highest BCUT2D eigenvalue weighted by Crippen LogP contribution is 2.59. The second-order valence-electron chi connectivity index (χ2n) is 7.23. The zero-order valence-corrected chi connectivity index (χ0v) is 18.8. The molecule has 4 rings (SSSR count). The van der Waals surface area contributed by atoms with Crippen molar-refractivity contribution in [1.29, 1.82) is 0 Å². The number of fused-ring (bicyclic) bond motifs is 3. The number of hydrogen-bond donors (Lipinski definition) is 1. The molecular formula is C20H27IN4S. The van der Waals surface area contributed by atoms with Crippen LogP contribution < -0.4 is 5.32 Å². The summed E-state index contributed by atoms with van der Waals surface area (Å²) in [6.45, 7) is 3.86. The molecular weight excluding hydrogens is 455 g/mol. The maximum absolute atomic E-state index is 4.55. The van der Waals surface area contributed by atoms with Crippen LogP contribution in [0.1, 0.15) is 34.2 Å². The molecule has 1 heterocycles. The summed E-state index contributed by atoms with van der Waals surface area (Å²) in [6.07, 6.45) is 2.58. The quantitative estimate of drug-likeness (QED) is 0.406. The SMILES string of the molecule is CN=C(NCC1C2CCc3ccccc3C21)N(C)Cc1csc(C)n1.I. The number of rotatable bonds is 4. The van der Waals surface area contributed by atoms with Gasteiger partial charge in [0.15, 0.2) is 5.96 Å². The van der Waals surface area contributed by atoms with Crippen LogP contribution >= 0.6 is 35.3 Å². The highest BCUT2D eigenvalue weighted by atomic mass is 127. The van der Waals surface area contributed by atoms with E-state index in [2.05, 4.69) is 56.9 Å². The van der Waals surface area contributed by atoms with Crippen LogP contribution in [-0.2, 0) is 13.0 Å². The molecule has 0 aliphatic heterocycles. The van der Waals surface area contributed by atoms with Crippen LogP contribution in [0.2, 0.25) is 0 Å². The van der Waals surface area contributed by atoms with E-state index in [4.69, 9.17) is 0 Å². The molecule has 0 radical (unpaired) electrons. The zero-order valence-electron chi connectivity index (χ0n) is 15.6. The van der Waals surface area contributed by atoms with E-state index >= 15 is 0 Å². The lowest BCUT2D eigenvalue weighted by atomic mass is 9.92. The van der Waals surface area contributed by atoms with E-state index in [1.807, 2.05) is 14.0 Å². The molecule has 0 amide bonds. The fourth-order valence-electron chi connectivity index (χ4n) is 4.38. The van der Waals surface area contributed by atoms with Crippen molar-refractivity contribution < 1.29 is 0 Å². The summed E-state index contributed by atoms with van der Waals surface area (Å²) in [7, 11) is 3.94. The molecule has 1 saturated carbocycles. The minimum Gasteiger partial charge on any atom is -0.356 e. The van der Waals surface area contributed by atoms with Gasteiger partial charge in [-0.25, -0.2) is 4.98 Å². The molecule has 0 saturated heterocycles. The predicted octanol–water partition coefficient (Wildman–Crippen LogP) is 4.05. The van der Waals surface area contributed by atoms with E-state index in [0.29, 0.717) is 0 Å². The van der Waals surface area contributed by atoms with Crippen molar-refractivity contribution in [2.45, 2.75) is 32.2 Å². The van der Waals surface area contributed by atoms with Crippen molar-refractivity contribution in [2.24, 2.45) is 16.8 Å². The monoisotopic (exact) mass is 482 g/mol. The first-order valence-electron chi connectivity index (χ1n) is 9.08. The van der Waals surface area contributed by atoms with Gasteiger partial charge in [0.05, 0.1) is 17.2 Å². The van der Waals surface area contributed by atoms with Gasteiger partial charge in [-0.05, 0) is 48.6 Å². The number of halogens is 1. The van der Waals surface area contributed by atoms with Crippen LogP contribution in [0.4, 0.5) is 0 Å². The fourth-order valence-corrected chi connectivity index (χ4v) is 4.98. The summed E-state index contributed by atoms with van der Waals surface area (Å²) < 4.78 is 0. The Labute approximate surface area is 177 Å². The Bertz CT molecular complexity index is 788. The molecule has 0 spiro atoms. The Hall–Kier alpha value is -1.15. The minimum atomic E-state index is 0. The Kier molecular flexibility index (Phi) is 6.22. The summed E-state index contributed by atoms with van der Waals surface area (Å²) in [5, 5.41) is 6.85. The average molecular weight is 482 g/mol. The largest absolute Gasteiger partial charge is 0.356 e. The summed E-state index contributed by atoms with van der Waals surface area (Å²) >= 11 is 1.70. The van der Waals surface area contributed by atoms with Gasteiger partial charge in [-0.2, -0.15) is 0 Å². The molecule has 2 aromatic rings. The third-order valence-corrected chi connectivity index (χ3v) is 6.45. The van der Waals surface area contributed by atoms with Crippen molar-refractivity contribution >= 4 is 41.3 Å². The number of benzene rings is 1. The van der Waals surface area contributed by atoms with Gasteiger partial charge in [0, 0.05) is 26.0 Å². The molecule has 1 N–H and O–H groups in total. The van der Waals surface area contributed by atoms with Gasteiger partial charge in [-0.3, -0.25) is 4.99 Å². The lowest BCUT2D eigenvalue weighted by molar-refractivity contribution is 0.466. The zero-order chi connectivity index (χ0) is 17.4. The van der Waals surface area contributed by atoms with E-state index in [0.717, 1.165) is 47.5 Å². The van der Waals surface area contributed by atoms with Crippen LogP contribution in [0.5, 0.6) is 0 Å². The molecule has 140 valence electrons. The van der Waals surface area contributed by atoms with Gasteiger partial charge in [-0.15, -0.1) is 35.3 Å². The summed E-state index contributed by atoms with van der Waals surface area (Å²) in [5.41, 5.74) is 4.26. The Morgan fingerprint density at radius 1 is 1.38 bits per heavy atom. The Morgan fingerprint density at radius 2 is 2.19 bits per heavy atom. The van der Waals surface area contributed by atoms with E-state index in [1.54, 1.807) is 22.5 Å². The van der Waals surface area contributed by atoms with Gasteiger partial charge < -0.3 is 10.2 Å². The van der Waals surface area contributed by atoms with Crippen LogP contribution in [0, 0.1) is 18.8 Å². The third kappa shape index (κ3) is 3.91. The second-order valence-corrected chi connectivity index (χ2v) is 8.30. The van der Waals surface area contributed by atoms with E-state index < -0.39 is 0 Å². The number of aliphatic imine (C=N–C) groups is 1. The average Bonchev–Trinajstić information content (AvgIpc) is 3.19. The van der Waals surface area contributed by atoms with Crippen molar-refractivity contribution in [3.8, 4) is 0 Å². The lowest BCUT2D eigenvalue weighted by Crippen LogP contribution is -2.39. The second kappa shape index (κ2) is 8.25. The number of hydrogen-bond acceptors (Lipinski definition) is 3. The maximum Gasteiger partial charge on any atom is 0.193 e. The van der Waals surface area contributed by atoms with Gasteiger partial charge in [-0.1, -0.05) is 24.3 Å². The molecule has 4 nitrogen and oxygen atoms in total. The number of nitrogens with one attached hydrogen (secondary N) is 1. The van der Waals surface area contributed by atoms with Gasteiger partial charge in [0.2, 0.25) is 0 Å². The topological polar surface area (TPSA) is 40.5 Å². The first kappa shape index (κ1) is 19.6. The first-order chi connectivity index (χ1) is 12.2. The fraction of sp³-hybridized carbons (Fsp3) is 0.500. The summed E-state index contributed by atoms with van der Waals surface area (Å²) in [5.74, 6) is 3.31. The van der Waals surface area contributed by atoms with Crippen LogP contribution in [0.25, 0.3) is 0 Å². The molecule has 1 fully saturated rings. The van der Waals surface area contributed by atoms with Gasteiger partial charge in [0.25, 0.3) is 0 Å². The van der Waals surface area contributed by atoms with Crippen LogP contribution in [0.3, 0.4) is 0 Å². The molecule has 2 aliphatic rings. The number of nitrogens with zero attached hydrogens (tertiary/aromatic N) is 3. The van der Waals surface area contributed by atoms with Crippen molar-refractivity contribution in [1.82, 2.24) is 15.2 Å². The normalized spacial score (nSPS) is 23.5. The molecule has 3 atom stereocenters. The minimum absolute atomic E-state index is 0. The Morgan fingerprint density at radius 3 is 2.92 bits per heavy atom. The molecule has 1 aromatic heterocycles. The molecule has 2 aliphatic carbocycles. The van der Waals surface area contributed by atoms with Crippen molar-refractivity contribution in [3.05, 3.63) is 51.5 Å². The molecule has 26 heavy (non-hydrogen) atoms. The lowest BCUT2D eigenvalue weighted by Gasteiger charge is -2.21. The Balaban J connectivity index is 0.00000196. The molecule has 6 heteroatoms. The number of aromatic nitrogens is 1. The highest BCUT2D eigenvalue weighted by molar-refractivity contribution is 14.0. The van der Waals surface area contributed by atoms with Crippen molar-refractivity contribution in [3.63, 3.8) is 0 Å². The van der Waals surface area contributed by atoms with Gasteiger partial charge in [0.1, 0.15) is 0 Å². The molecule has 0 bridgehead atoms. The van der Waals surface area contributed by atoms with Gasteiger partial charge >= 0.3 is 0 Å². The van der Waals surface area contributed by atoms with Crippen LogP contribution in [-0.4, -0.2) is 36.5 Å². The molecule has 1 aromatic carbocycles. The van der Waals surface area contributed by atoms with Crippen LogP contribution in [0.15, 0.2) is 34.6 Å². The maximum atomic E-state index is 4.55. The smallest absolute Gasteiger partial charge is 0.193 e. The number of aryl methyl sites for hydroxylation is 2. The van der Waals surface area contributed by atoms with E-state index in [1.165, 1.54) is 12.8 Å². The first-order valence-corrected chi connectivity index (χ1v) is 9.96. The third-order valence-electron chi connectivity index (χ3n) is 5.63. The standard InChI is InChI=1S/C20H26N4S.HI/c1-13-23-15(12-25-13)11-24(3)20(21-2)22-10-18-17-9-8-14-6-4-5-7-16(14)19(17)18;/h4-7,12,17-19H,8-11H2,1-3H3,(H,21,22);1H. The van der Waals surface area contributed by atoms with E-state index in [9.17, 15) is 0 Å². The van der Waals surface area contributed by atoms with Crippen molar-refractivity contribution in [2.75, 3.05) is 20.6 Å². The highest BCUT2D eigenvalue weighted by Gasteiger charge is 2.52. The van der Waals surface area contributed by atoms with E-state index in [-0.39, 0.29) is 24.0 Å². The summed E-state index contributed by atoms with van der Waals surface area (Å²) in [4.78, 5) is 11.2. The summed E-state index contributed by atoms with van der Waals surface area (Å²) in [6, 6.07) is 8.99. The number of thiazole rings is 1. The molecule has 3 unspecified atom stereocenters. The number of guanidine groups is 1.